The fourth-order valence-electron chi connectivity index (χ4n) is 5.90. The van der Waals surface area contributed by atoms with Crippen LogP contribution in [-0.2, 0) is 19.3 Å². The Balaban J connectivity index is 1.51. The van der Waals surface area contributed by atoms with Crippen molar-refractivity contribution in [2.45, 2.75) is 77.1 Å². The molecular weight excluding hydrogens is 408 g/mol. The summed E-state index contributed by atoms with van der Waals surface area (Å²) in [5.74, 6) is 0.710. The van der Waals surface area contributed by atoms with Crippen molar-refractivity contribution >= 4 is 12.6 Å². The number of hydrogen-bond acceptors (Lipinski definition) is 3. The van der Waals surface area contributed by atoms with E-state index in [1.54, 1.807) is 22.3 Å². The maximum absolute atomic E-state index is 4.74. The minimum atomic E-state index is 0.425. The number of benzene rings is 2. The monoisotopic (exact) mass is 450 g/mol. The average molecular weight is 451 g/mol. The first-order valence-electron chi connectivity index (χ1n) is 12.8. The summed E-state index contributed by atoms with van der Waals surface area (Å²) in [7, 11) is 0. The number of rotatable bonds is 8. The third-order valence-electron chi connectivity index (χ3n) is 7.55. The van der Waals surface area contributed by atoms with Crippen LogP contribution in [0.25, 0.3) is 0 Å². The molecule has 2 heterocycles. The molecule has 0 bridgehead atoms. The van der Waals surface area contributed by atoms with Crippen molar-refractivity contribution in [3.63, 3.8) is 0 Å². The van der Waals surface area contributed by atoms with Gasteiger partial charge in [0, 0.05) is 37.0 Å². The highest BCUT2D eigenvalue weighted by atomic mass is 32.1. The van der Waals surface area contributed by atoms with Gasteiger partial charge in [0.2, 0.25) is 0 Å². The summed E-state index contributed by atoms with van der Waals surface area (Å²) in [6, 6.07) is 17.6. The van der Waals surface area contributed by atoms with Crippen molar-refractivity contribution in [1.82, 2.24) is 9.80 Å². The highest BCUT2D eigenvalue weighted by Crippen LogP contribution is 2.36. The molecule has 2 aliphatic rings. The number of likely N-dealkylation sites (N-methyl/N-ethyl adjacent to an activating group) is 1. The van der Waals surface area contributed by atoms with E-state index in [2.05, 4.69) is 80.0 Å². The Morgan fingerprint density at radius 2 is 1.56 bits per heavy atom. The van der Waals surface area contributed by atoms with Crippen LogP contribution in [0, 0.1) is 5.92 Å². The van der Waals surface area contributed by atoms with Crippen LogP contribution in [0.15, 0.2) is 42.5 Å². The first-order chi connectivity index (χ1) is 15.5. The zero-order valence-electron chi connectivity index (χ0n) is 20.6. The summed E-state index contributed by atoms with van der Waals surface area (Å²) in [6.45, 7) is 13.9. The molecule has 3 atom stereocenters. The molecule has 3 heteroatoms. The van der Waals surface area contributed by atoms with Gasteiger partial charge in [0.05, 0.1) is 0 Å². The minimum Gasteiger partial charge on any atom is -0.296 e. The summed E-state index contributed by atoms with van der Waals surface area (Å²) < 4.78 is 0. The summed E-state index contributed by atoms with van der Waals surface area (Å²) >= 11 is 4.74. The molecule has 0 amide bonds. The van der Waals surface area contributed by atoms with Gasteiger partial charge in [-0.3, -0.25) is 9.80 Å². The number of thiol groups is 1. The molecule has 0 N–H and O–H groups in total. The molecule has 0 aromatic heterocycles. The van der Waals surface area contributed by atoms with Crippen LogP contribution in [0.3, 0.4) is 0 Å². The number of nitrogens with zero attached hydrogens (tertiary/aromatic N) is 2. The van der Waals surface area contributed by atoms with Gasteiger partial charge in [-0.1, -0.05) is 70.2 Å². The van der Waals surface area contributed by atoms with E-state index in [1.807, 2.05) is 0 Å². The molecule has 1 unspecified atom stereocenters. The van der Waals surface area contributed by atoms with Crippen molar-refractivity contribution in [3.8, 4) is 0 Å². The standard InChI is InChI=1S/C29H42N2S/c1-5-30-16-13-25-11-10-23(20-27(25)29(30)19-22(4)32)12-15-31-17-14-24-8-6-7-9-26(24)28(31)18-21(2)3/h6-11,20-22,28-29,32H,5,12-19H2,1-4H3/t22?,28-,29+/m1/s1. The lowest BCUT2D eigenvalue weighted by Crippen LogP contribution is -2.38. The molecule has 2 aromatic rings. The fourth-order valence-corrected chi connectivity index (χ4v) is 6.10. The van der Waals surface area contributed by atoms with Crippen molar-refractivity contribution in [2.75, 3.05) is 26.2 Å². The van der Waals surface area contributed by atoms with E-state index >= 15 is 0 Å². The summed E-state index contributed by atoms with van der Waals surface area (Å²) in [6.07, 6.45) is 5.88. The van der Waals surface area contributed by atoms with Gasteiger partial charge >= 0.3 is 0 Å². The Morgan fingerprint density at radius 3 is 2.28 bits per heavy atom. The quantitative estimate of drug-likeness (QED) is 0.459. The summed E-state index contributed by atoms with van der Waals surface area (Å²) in [4.78, 5) is 5.41. The predicted molar refractivity (Wildman–Crippen MR) is 141 cm³/mol. The van der Waals surface area contributed by atoms with Gasteiger partial charge in [-0.05, 0) is 72.4 Å². The van der Waals surface area contributed by atoms with Gasteiger partial charge in [0.1, 0.15) is 0 Å². The van der Waals surface area contributed by atoms with Gasteiger partial charge in [0.15, 0.2) is 0 Å². The average Bonchev–Trinajstić information content (AvgIpc) is 2.78. The van der Waals surface area contributed by atoms with Crippen LogP contribution < -0.4 is 0 Å². The van der Waals surface area contributed by atoms with E-state index in [-0.39, 0.29) is 0 Å². The van der Waals surface area contributed by atoms with Gasteiger partial charge in [0.25, 0.3) is 0 Å². The normalized spacial score (nSPS) is 22.6. The smallest absolute Gasteiger partial charge is 0.0361 e. The van der Waals surface area contributed by atoms with Crippen molar-refractivity contribution < 1.29 is 0 Å². The van der Waals surface area contributed by atoms with Crippen LogP contribution in [0.2, 0.25) is 0 Å². The molecule has 4 rings (SSSR count). The maximum Gasteiger partial charge on any atom is 0.0361 e. The highest BCUT2D eigenvalue weighted by Gasteiger charge is 2.29. The molecule has 32 heavy (non-hydrogen) atoms. The highest BCUT2D eigenvalue weighted by molar-refractivity contribution is 7.80. The van der Waals surface area contributed by atoms with Crippen LogP contribution in [-0.4, -0.2) is 41.2 Å². The van der Waals surface area contributed by atoms with E-state index < -0.39 is 0 Å². The zero-order valence-corrected chi connectivity index (χ0v) is 21.5. The Morgan fingerprint density at radius 1 is 0.875 bits per heavy atom. The fraction of sp³-hybridized carbons (Fsp3) is 0.586. The Hall–Kier alpha value is -1.29. The minimum absolute atomic E-state index is 0.425. The number of hydrogen-bond donors (Lipinski definition) is 1. The maximum atomic E-state index is 4.74. The lowest BCUT2D eigenvalue weighted by Gasteiger charge is -2.39. The van der Waals surface area contributed by atoms with E-state index in [0.29, 0.717) is 23.3 Å². The molecule has 0 fully saturated rings. The molecule has 0 saturated carbocycles. The molecule has 0 spiro atoms. The first-order valence-corrected chi connectivity index (χ1v) is 13.3. The van der Waals surface area contributed by atoms with Crippen LogP contribution in [0.5, 0.6) is 0 Å². The first kappa shape index (κ1) is 23.9. The summed E-state index contributed by atoms with van der Waals surface area (Å²) in [5.41, 5.74) is 7.76. The molecule has 2 aromatic carbocycles. The van der Waals surface area contributed by atoms with Crippen molar-refractivity contribution in [2.24, 2.45) is 5.92 Å². The van der Waals surface area contributed by atoms with Gasteiger partial charge in [-0.25, -0.2) is 0 Å². The third-order valence-corrected chi connectivity index (χ3v) is 7.77. The molecule has 174 valence electrons. The van der Waals surface area contributed by atoms with Gasteiger partial charge in [-0.2, -0.15) is 12.6 Å². The predicted octanol–water partition coefficient (Wildman–Crippen LogP) is 6.50. The van der Waals surface area contributed by atoms with Gasteiger partial charge < -0.3 is 0 Å². The SMILES string of the molecule is CCN1CCc2ccc(CCN3CCc4ccccc4[C@H]3CC(C)C)cc2[C@@H]1CC(C)S. The molecule has 2 nitrogen and oxygen atoms in total. The molecule has 0 aliphatic carbocycles. The van der Waals surface area contributed by atoms with E-state index in [0.717, 1.165) is 25.9 Å². The molecule has 2 aliphatic heterocycles. The van der Waals surface area contributed by atoms with E-state index in [4.69, 9.17) is 12.6 Å². The summed E-state index contributed by atoms with van der Waals surface area (Å²) in [5, 5.41) is 0.425. The second-order valence-corrected chi connectivity index (χ2v) is 11.3. The largest absolute Gasteiger partial charge is 0.296 e. The van der Waals surface area contributed by atoms with Crippen LogP contribution in [0.1, 0.15) is 80.4 Å². The number of fused-ring (bicyclic) bond motifs is 2. The molecular formula is C29H42N2S. The molecule has 0 radical (unpaired) electrons. The third kappa shape index (κ3) is 5.43. The van der Waals surface area contributed by atoms with Crippen molar-refractivity contribution in [1.29, 1.82) is 0 Å². The Bertz CT molecular complexity index is 890. The Kier molecular flexibility index (Phi) is 8.02. The second-order valence-electron chi connectivity index (χ2n) is 10.4. The van der Waals surface area contributed by atoms with E-state index in [9.17, 15) is 0 Å². The Labute approximate surface area is 201 Å². The zero-order chi connectivity index (χ0) is 22.7. The van der Waals surface area contributed by atoms with Crippen molar-refractivity contribution in [3.05, 3.63) is 70.3 Å². The lowest BCUT2D eigenvalue weighted by molar-refractivity contribution is 0.164. The van der Waals surface area contributed by atoms with E-state index in [1.165, 1.54) is 37.9 Å². The van der Waals surface area contributed by atoms with Gasteiger partial charge in [-0.15, -0.1) is 0 Å². The van der Waals surface area contributed by atoms with Crippen LogP contribution in [0.4, 0.5) is 0 Å². The second kappa shape index (κ2) is 10.8. The van der Waals surface area contributed by atoms with Crippen LogP contribution >= 0.6 is 12.6 Å². The lowest BCUT2D eigenvalue weighted by atomic mass is 9.86. The molecule has 0 saturated heterocycles. The topological polar surface area (TPSA) is 6.48 Å².